The predicted molar refractivity (Wildman–Crippen MR) is 77.5 cm³/mol. The fourth-order valence-corrected chi connectivity index (χ4v) is 2.21. The molecular formula is C13H18BrN3O. The molecule has 1 aromatic carbocycles. The summed E-state index contributed by atoms with van der Waals surface area (Å²) in [6, 6.07) is 3.89. The summed E-state index contributed by atoms with van der Waals surface area (Å²) in [5, 5.41) is 6.20. The van der Waals surface area contributed by atoms with Crippen molar-refractivity contribution in [3.05, 3.63) is 22.2 Å². The topological polar surface area (TPSA) is 67.1 Å². The molecule has 0 bridgehead atoms. The van der Waals surface area contributed by atoms with E-state index in [4.69, 9.17) is 5.73 Å². The summed E-state index contributed by atoms with van der Waals surface area (Å²) in [6.07, 6.45) is 2.09. The van der Waals surface area contributed by atoms with Crippen LogP contribution in [-0.2, 0) is 4.79 Å². The van der Waals surface area contributed by atoms with Crippen LogP contribution < -0.4 is 16.4 Å². The molecule has 5 heteroatoms. The monoisotopic (exact) mass is 311 g/mol. The minimum atomic E-state index is 0.185. The molecule has 1 saturated carbocycles. The van der Waals surface area contributed by atoms with Gasteiger partial charge >= 0.3 is 0 Å². The first-order valence-corrected chi connectivity index (χ1v) is 6.94. The summed E-state index contributed by atoms with van der Waals surface area (Å²) in [4.78, 5) is 11.4. The number of nitrogens with two attached hydrogens (primary N) is 1. The van der Waals surface area contributed by atoms with Gasteiger partial charge in [-0.25, -0.2) is 0 Å². The number of nitrogen functional groups attached to an aromatic ring is 1. The van der Waals surface area contributed by atoms with Crippen molar-refractivity contribution in [2.75, 3.05) is 24.1 Å². The van der Waals surface area contributed by atoms with Gasteiger partial charge in [0.05, 0.1) is 0 Å². The van der Waals surface area contributed by atoms with E-state index in [0.717, 1.165) is 34.3 Å². The second-order valence-corrected chi connectivity index (χ2v) is 5.54. The van der Waals surface area contributed by atoms with Crippen LogP contribution in [0.5, 0.6) is 0 Å². The van der Waals surface area contributed by atoms with E-state index in [1.165, 1.54) is 0 Å². The van der Waals surface area contributed by atoms with E-state index in [1.54, 1.807) is 0 Å². The Labute approximate surface area is 115 Å². The molecule has 0 unspecified atom stereocenters. The third-order valence-electron chi connectivity index (χ3n) is 3.04. The van der Waals surface area contributed by atoms with Crippen molar-refractivity contribution >= 4 is 33.2 Å². The van der Waals surface area contributed by atoms with E-state index in [-0.39, 0.29) is 11.8 Å². The molecule has 4 nitrogen and oxygen atoms in total. The highest BCUT2D eigenvalue weighted by Crippen LogP contribution is 2.29. The molecule has 2 rings (SSSR count). The molecule has 0 aromatic heterocycles. The highest BCUT2D eigenvalue weighted by Gasteiger charge is 2.28. The summed E-state index contributed by atoms with van der Waals surface area (Å²) in [6.45, 7) is 3.33. The number of amides is 1. The van der Waals surface area contributed by atoms with Crippen LogP contribution in [0.1, 0.15) is 18.4 Å². The lowest BCUT2D eigenvalue weighted by Gasteiger charge is -2.11. The maximum absolute atomic E-state index is 11.4. The first kappa shape index (κ1) is 13.2. The van der Waals surface area contributed by atoms with Gasteiger partial charge < -0.3 is 16.4 Å². The van der Waals surface area contributed by atoms with Crippen molar-refractivity contribution < 1.29 is 4.79 Å². The molecule has 18 heavy (non-hydrogen) atoms. The second-order valence-electron chi connectivity index (χ2n) is 4.68. The van der Waals surface area contributed by atoms with Crippen molar-refractivity contribution in [1.29, 1.82) is 0 Å². The molecule has 1 aliphatic rings. The fraction of sp³-hybridized carbons (Fsp3) is 0.462. The lowest BCUT2D eigenvalue weighted by molar-refractivity contribution is -0.122. The zero-order valence-corrected chi connectivity index (χ0v) is 12.0. The fourth-order valence-electron chi connectivity index (χ4n) is 1.71. The van der Waals surface area contributed by atoms with Crippen molar-refractivity contribution in [1.82, 2.24) is 5.32 Å². The largest absolute Gasteiger partial charge is 0.398 e. The van der Waals surface area contributed by atoms with E-state index in [9.17, 15) is 4.79 Å². The van der Waals surface area contributed by atoms with Gasteiger partial charge in [-0.1, -0.05) is 0 Å². The summed E-state index contributed by atoms with van der Waals surface area (Å²) < 4.78 is 0.944. The number of halogens is 1. The molecule has 98 valence electrons. The predicted octanol–water partition coefficient (Wildman–Crippen LogP) is 2.28. The Balaban J connectivity index is 1.79. The standard InChI is InChI=1S/C13H18BrN3O/c1-8-6-12(10(14)7-11(8)15)16-4-5-17-13(18)9-2-3-9/h6-7,9,16H,2-5,15H2,1H3,(H,17,18). The molecule has 1 aliphatic carbocycles. The van der Waals surface area contributed by atoms with Gasteiger partial charge in [-0.2, -0.15) is 0 Å². The van der Waals surface area contributed by atoms with Gasteiger partial charge in [-0.3, -0.25) is 4.79 Å². The maximum Gasteiger partial charge on any atom is 0.223 e. The molecule has 1 amide bonds. The molecule has 0 saturated heterocycles. The van der Waals surface area contributed by atoms with Crippen LogP contribution in [0.3, 0.4) is 0 Å². The van der Waals surface area contributed by atoms with E-state index in [0.29, 0.717) is 13.1 Å². The van der Waals surface area contributed by atoms with E-state index < -0.39 is 0 Å². The zero-order valence-electron chi connectivity index (χ0n) is 10.4. The second kappa shape index (κ2) is 5.61. The van der Waals surface area contributed by atoms with Crippen LogP contribution in [0.2, 0.25) is 0 Å². The average Bonchev–Trinajstić information content (AvgIpc) is 3.14. The molecule has 0 atom stereocenters. The van der Waals surface area contributed by atoms with Crippen molar-refractivity contribution in [2.24, 2.45) is 5.92 Å². The van der Waals surface area contributed by atoms with Crippen molar-refractivity contribution in [3.63, 3.8) is 0 Å². The van der Waals surface area contributed by atoms with Crippen LogP contribution in [0.4, 0.5) is 11.4 Å². The minimum absolute atomic E-state index is 0.185. The lowest BCUT2D eigenvalue weighted by atomic mass is 10.2. The number of nitrogens with one attached hydrogen (secondary N) is 2. The average molecular weight is 312 g/mol. The Hall–Kier alpha value is -1.23. The van der Waals surface area contributed by atoms with Gasteiger partial charge in [0, 0.05) is 34.9 Å². The number of rotatable bonds is 5. The van der Waals surface area contributed by atoms with Crippen molar-refractivity contribution in [2.45, 2.75) is 19.8 Å². The highest BCUT2D eigenvalue weighted by molar-refractivity contribution is 9.10. The number of anilines is 2. The number of aryl methyl sites for hydroxylation is 1. The molecule has 1 fully saturated rings. The van der Waals surface area contributed by atoms with E-state index in [2.05, 4.69) is 26.6 Å². The smallest absolute Gasteiger partial charge is 0.223 e. The third-order valence-corrected chi connectivity index (χ3v) is 3.70. The van der Waals surface area contributed by atoms with Crippen LogP contribution >= 0.6 is 15.9 Å². The number of carbonyl (C=O) groups excluding carboxylic acids is 1. The first-order chi connectivity index (χ1) is 8.58. The Morgan fingerprint density at radius 3 is 2.83 bits per heavy atom. The Kier molecular flexibility index (Phi) is 4.11. The molecule has 0 radical (unpaired) electrons. The third kappa shape index (κ3) is 3.38. The minimum Gasteiger partial charge on any atom is -0.398 e. The van der Waals surface area contributed by atoms with Gasteiger partial charge in [-0.15, -0.1) is 0 Å². The first-order valence-electron chi connectivity index (χ1n) is 6.15. The Bertz CT molecular complexity index is 458. The molecule has 0 aliphatic heterocycles. The maximum atomic E-state index is 11.4. The Morgan fingerprint density at radius 1 is 1.44 bits per heavy atom. The van der Waals surface area contributed by atoms with Gasteiger partial charge in [0.2, 0.25) is 5.91 Å². The highest BCUT2D eigenvalue weighted by atomic mass is 79.9. The summed E-state index contributed by atoms with van der Waals surface area (Å²) >= 11 is 3.47. The number of hydrogen-bond donors (Lipinski definition) is 3. The molecular weight excluding hydrogens is 294 g/mol. The van der Waals surface area contributed by atoms with Crippen LogP contribution in [-0.4, -0.2) is 19.0 Å². The van der Waals surface area contributed by atoms with Gasteiger partial charge in [0.15, 0.2) is 0 Å². The number of carbonyl (C=O) groups is 1. The van der Waals surface area contributed by atoms with Crippen LogP contribution in [0.25, 0.3) is 0 Å². The van der Waals surface area contributed by atoms with E-state index in [1.807, 2.05) is 19.1 Å². The Morgan fingerprint density at radius 2 is 2.17 bits per heavy atom. The van der Waals surface area contributed by atoms with E-state index >= 15 is 0 Å². The summed E-state index contributed by atoms with van der Waals surface area (Å²) in [7, 11) is 0. The molecule has 1 aromatic rings. The number of benzene rings is 1. The lowest BCUT2D eigenvalue weighted by Crippen LogP contribution is -2.29. The molecule has 0 spiro atoms. The molecule has 0 heterocycles. The van der Waals surface area contributed by atoms with Crippen LogP contribution in [0.15, 0.2) is 16.6 Å². The molecule has 4 N–H and O–H groups in total. The van der Waals surface area contributed by atoms with Crippen molar-refractivity contribution in [3.8, 4) is 0 Å². The number of hydrogen-bond acceptors (Lipinski definition) is 3. The van der Waals surface area contributed by atoms with Gasteiger partial charge in [0.1, 0.15) is 0 Å². The SMILES string of the molecule is Cc1cc(NCCNC(=O)C2CC2)c(Br)cc1N. The van der Waals surface area contributed by atoms with Gasteiger partial charge in [-0.05, 0) is 53.4 Å². The summed E-state index contributed by atoms with van der Waals surface area (Å²) in [5.74, 6) is 0.458. The van der Waals surface area contributed by atoms with Gasteiger partial charge in [0.25, 0.3) is 0 Å². The summed E-state index contributed by atoms with van der Waals surface area (Å²) in [5.41, 5.74) is 8.63. The quantitative estimate of drug-likeness (QED) is 0.577. The van der Waals surface area contributed by atoms with Crippen LogP contribution in [0, 0.1) is 12.8 Å². The zero-order chi connectivity index (χ0) is 13.1. The normalized spacial score (nSPS) is 14.3.